The van der Waals surface area contributed by atoms with Gasteiger partial charge in [-0.05, 0) is 67.8 Å². The Balaban J connectivity index is 2.42. The monoisotopic (exact) mass is 348 g/mol. The second-order valence-corrected chi connectivity index (χ2v) is 7.17. The third-order valence-electron chi connectivity index (χ3n) is 3.89. The van der Waals surface area contributed by atoms with E-state index in [9.17, 15) is 13.2 Å². The number of carbonyl (C=O) groups excluding carboxylic acids is 1. The number of hydrogen-bond acceptors (Lipinski definition) is 4. The van der Waals surface area contributed by atoms with E-state index in [1.54, 1.807) is 27.0 Å². The normalized spacial score (nSPS) is 11.2. The maximum atomic E-state index is 12.7. The van der Waals surface area contributed by atoms with Gasteiger partial charge in [0.2, 0.25) is 5.91 Å². The fraction of sp³-hybridized carbons (Fsp3) is 0.235. The van der Waals surface area contributed by atoms with Gasteiger partial charge < -0.3 is 10.5 Å². The lowest BCUT2D eigenvalue weighted by Crippen LogP contribution is -2.16. The van der Waals surface area contributed by atoms with Crippen molar-refractivity contribution in [1.29, 1.82) is 0 Å². The first-order chi connectivity index (χ1) is 11.2. The number of amides is 1. The number of rotatable bonds is 5. The van der Waals surface area contributed by atoms with Gasteiger partial charge in [-0.25, -0.2) is 8.42 Å². The first-order valence-electron chi connectivity index (χ1n) is 7.25. The fourth-order valence-electron chi connectivity index (χ4n) is 2.53. The molecule has 2 aromatic rings. The Bertz CT molecular complexity index is 888. The predicted octanol–water partition coefficient (Wildman–Crippen LogP) is 2.52. The van der Waals surface area contributed by atoms with E-state index < -0.39 is 15.9 Å². The minimum atomic E-state index is -3.77. The van der Waals surface area contributed by atoms with E-state index in [0.717, 1.165) is 11.1 Å². The summed E-state index contributed by atoms with van der Waals surface area (Å²) < 4.78 is 33.2. The molecular formula is C17H20N2O4S. The highest BCUT2D eigenvalue weighted by molar-refractivity contribution is 7.92. The number of nitrogens with two attached hydrogens (primary N) is 1. The van der Waals surface area contributed by atoms with Gasteiger partial charge in [-0.3, -0.25) is 9.52 Å². The molecule has 0 spiro atoms. The molecule has 0 aliphatic carbocycles. The van der Waals surface area contributed by atoms with E-state index in [1.807, 2.05) is 6.92 Å². The van der Waals surface area contributed by atoms with Crippen molar-refractivity contribution in [3.63, 3.8) is 0 Å². The van der Waals surface area contributed by atoms with E-state index in [0.29, 0.717) is 22.6 Å². The second-order valence-electron chi connectivity index (χ2n) is 5.52. The molecule has 0 saturated carbocycles. The molecule has 0 aliphatic heterocycles. The lowest BCUT2D eigenvalue weighted by Gasteiger charge is -2.16. The smallest absolute Gasteiger partial charge is 0.262 e. The van der Waals surface area contributed by atoms with Crippen LogP contribution in [0.25, 0.3) is 0 Å². The molecule has 0 aromatic heterocycles. The highest BCUT2D eigenvalue weighted by Gasteiger charge is 2.21. The molecule has 128 valence electrons. The van der Waals surface area contributed by atoms with Crippen LogP contribution in [0, 0.1) is 20.8 Å². The van der Waals surface area contributed by atoms with Crippen molar-refractivity contribution in [3.05, 3.63) is 52.6 Å². The van der Waals surface area contributed by atoms with Crippen LogP contribution in [0.15, 0.2) is 35.2 Å². The Labute approximate surface area is 141 Å². The van der Waals surface area contributed by atoms with Gasteiger partial charge in [0, 0.05) is 11.3 Å². The summed E-state index contributed by atoms with van der Waals surface area (Å²) >= 11 is 0. The summed E-state index contributed by atoms with van der Waals surface area (Å²) in [5.41, 5.74) is 7.98. The molecule has 3 N–H and O–H groups in total. The highest BCUT2D eigenvalue weighted by Crippen LogP contribution is 2.31. The van der Waals surface area contributed by atoms with Crippen molar-refractivity contribution in [2.45, 2.75) is 25.7 Å². The molecule has 0 atom stereocenters. The Morgan fingerprint density at radius 3 is 2.17 bits per heavy atom. The minimum absolute atomic E-state index is 0.192. The lowest BCUT2D eigenvalue weighted by molar-refractivity contribution is 0.100. The zero-order valence-corrected chi connectivity index (χ0v) is 14.8. The maximum Gasteiger partial charge on any atom is 0.262 e. The van der Waals surface area contributed by atoms with E-state index in [4.69, 9.17) is 10.5 Å². The summed E-state index contributed by atoms with van der Waals surface area (Å²) in [5.74, 6) is 0.110. The predicted molar refractivity (Wildman–Crippen MR) is 93.0 cm³/mol. The van der Waals surface area contributed by atoms with Crippen LogP contribution >= 0.6 is 0 Å². The summed E-state index contributed by atoms with van der Waals surface area (Å²) in [4.78, 5) is 11.3. The molecule has 0 fully saturated rings. The van der Waals surface area contributed by atoms with E-state index in [2.05, 4.69) is 4.72 Å². The molecule has 0 radical (unpaired) electrons. The molecule has 24 heavy (non-hydrogen) atoms. The van der Waals surface area contributed by atoms with Gasteiger partial charge in [0.25, 0.3) is 10.0 Å². The van der Waals surface area contributed by atoms with Gasteiger partial charge in [-0.15, -0.1) is 0 Å². The van der Waals surface area contributed by atoms with E-state index >= 15 is 0 Å². The van der Waals surface area contributed by atoms with Crippen molar-refractivity contribution in [3.8, 4) is 5.75 Å². The Hall–Kier alpha value is -2.54. The number of primary amides is 1. The average molecular weight is 348 g/mol. The number of aryl methyl sites for hydroxylation is 1. The third-order valence-corrected chi connectivity index (χ3v) is 5.40. The van der Waals surface area contributed by atoms with Crippen LogP contribution in [0.5, 0.6) is 5.75 Å². The second kappa shape index (κ2) is 6.52. The molecule has 0 heterocycles. The number of ether oxygens (including phenoxy) is 1. The maximum absolute atomic E-state index is 12.7. The van der Waals surface area contributed by atoms with Gasteiger partial charge in [0.1, 0.15) is 5.75 Å². The lowest BCUT2D eigenvalue weighted by atomic mass is 10.1. The molecule has 2 aromatic carbocycles. The summed E-state index contributed by atoms with van der Waals surface area (Å²) in [6.07, 6.45) is 0. The number of sulfonamides is 1. The molecule has 0 bridgehead atoms. The molecular weight excluding hydrogens is 328 g/mol. The van der Waals surface area contributed by atoms with Crippen LogP contribution < -0.4 is 15.2 Å². The quantitative estimate of drug-likeness (QED) is 0.867. The number of anilines is 1. The molecule has 1 amide bonds. The first kappa shape index (κ1) is 17.8. The van der Waals surface area contributed by atoms with Gasteiger partial charge in [-0.1, -0.05) is 0 Å². The number of carbonyl (C=O) groups is 1. The van der Waals surface area contributed by atoms with Crippen molar-refractivity contribution in [2.24, 2.45) is 5.73 Å². The van der Waals surface area contributed by atoms with Gasteiger partial charge in [0.05, 0.1) is 12.0 Å². The summed E-state index contributed by atoms with van der Waals surface area (Å²) in [6.45, 7) is 5.36. The molecule has 0 unspecified atom stereocenters. The van der Waals surface area contributed by atoms with Crippen LogP contribution in [0.1, 0.15) is 27.0 Å². The minimum Gasteiger partial charge on any atom is -0.496 e. The number of nitrogens with one attached hydrogen (secondary N) is 1. The largest absolute Gasteiger partial charge is 0.496 e. The fourth-order valence-corrected chi connectivity index (χ4v) is 3.97. The molecule has 0 saturated heterocycles. The Morgan fingerprint density at radius 2 is 1.67 bits per heavy atom. The average Bonchev–Trinajstić information content (AvgIpc) is 2.51. The SMILES string of the molecule is COc1c(C)cc(S(=O)(=O)Nc2ccc(C(N)=O)cc2)c(C)c1C. The van der Waals surface area contributed by atoms with Crippen LogP contribution in [0.3, 0.4) is 0 Å². The zero-order chi connectivity index (χ0) is 18.1. The summed E-state index contributed by atoms with van der Waals surface area (Å²) in [6, 6.07) is 7.52. The summed E-state index contributed by atoms with van der Waals surface area (Å²) in [7, 11) is -2.21. The topological polar surface area (TPSA) is 98.5 Å². The van der Waals surface area contributed by atoms with Crippen molar-refractivity contribution >= 4 is 21.6 Å². The van der Waals surface area contributed by atoms with Crippen LogP contribution in [-0.4, -0.2) is 21.4 Å². The van der Waals surface area contributed by atoms with E-state index in [1.165, 1.54) is 24.3 Å². The molecule has 7 heteroatoms. The van der Waals surface area contributed by atoms with Gasteiger partial charge in [0.15, 0.2) is 0 Å². The van der Waals surface area contributed by atoms with Gasteiger partial charge in [-0.2, -0.15) is 0 Å². The standard InChI is InChI=1S/C17H20N2O4S/c1-10-9-15(11(2)12(3)16(10)23-4)24(21,22)19-14-7-5-13(6-8-14)17(18)20/h5-9,19H,1-4H3,(H2,18,20). The van der Waals surface area contributed by atoms with Crippen LogP contribution in [0.4, 0.5) is 5.69 Å². The molecule has 2 rings (SSSR count). The van der Waals surface area contributed by atoms with Crippen LogP contribution in [0.2, 0.25) is 0 Å². The molecule has 0 aliphatic rings. The van der Waals surface area contributed by atoms with Crippen LogP contribution in [-0.2, 0) is 10.0 Å². The Kier molecular flexibility index (Phi) is 4.84. The van der Waals surface area contributed by atoms with Crippen molar-refractivity contribution in [2.75, 3.05) is 11.8 Å². The van der Waals surface area contributed by atoms with E-state index in [-0.39, 0.29) is 4.90 Å². The number of benzene rings is 2. The highest BCUT2D eigenvalue weighted by atomic mass is 32.2. The number of hydrogen-bond donors (Lipinski definition) is 2. The third kappa shape index (κ3) is 3.35. The van der Waals surface area contributed by atoms with Gasteiger partial charge >= 0.3 is 0 Å². The number of methoxy groups -OCH3 is 1. The Morgan fingerprint density at radius 1 is 1.08 bits per heavy atom. The summed E-state index contributed by atoms with van der Waals surface area (Å²) in [5, 5.41) is 0. The van der Waals surface area contributed by atoms with Crippen molar-refractivity contribution < 1.29 is 17.9 Å². The first-order valence-corrected chi connectivity index (χ1v) is 8.73. The van der Waals surface area contributed by atoms with Crippen molar-refractivity contribution in [1.82, 2.24) is 0 Å². The molecule has 6 nitrogen and oxygen atoms in total. The zero-order valence-electron chi connectivity index (χ0n) is 14.0.